The first-order valence-corrected chi connectivity index (χ1v) is 8.54. The van der Waals surface area contributed by atoms with E-state index in [1.54, 1.807) is 24.5 Å². The summed E-state index contributed by atoms with van der Waals surface area (Å²) in [4.78, 5) is 20.8. The summed E-state index contributed by atoms with van der Waals surface area (Å²) in [6.45, 7) is 1.20. The maximum Gasteiger partial charge on any atom is 0.253 e. The van der Waals surface area contributed by atoms with E-state index in [-0.39, 0.29) is 12.7 Å². The quantitative estimate of drug-likeness (QED) is 0.701. The summed E-state index contributed by atoms with van der Waals surface area (Å²) in [5.41, 5.74) is 2.36. The van der Waals surface area contributed by atoms with Crippen LogP contribution < -0.4 is 20.1 Å². The number of benzene rings is 1. The van der Waals surface area contributed by atoms with Gasteiger partial charge in [-0.3, -0.25) is 9.78 Å². The van der Waals surface area contributed by atoms with Crippen LogP contribution in [0.4, 0.5) is 5.82 Å². The number of hydrogen-bond acceptors (Lipinski definition) is 6. The van der Waals surface area contributed by atoms with Gasteiger partial charge in [0.05, 0.1) is 17.8 Å². The smallest absolute Gasteiger partial charge is 0.253 e. The van der Waals surface area contributed by atoms with Gasteiger partial charge >= 0.3 is 0 Å². The average molecular weight is 362 g/mol. The van der Waals surface area contributed by atoms with Crippen LogP contribution in [0.5, 0.6) is 11.5 Å². The molecule has 0 atom stereocenters. The van der Waals surface area contributed by atoms with Gasteiger partial charge in [-0.25, -0.2) is 4.98 Å². The number of carbonyl (C=O) groups excluding carboxylic acids is 1. The van der Waals surface area contributed by atoms with Gasteiger partial charge in [0.2, 0.25) is 6.79 Å². The molecule has 0 bridgehead atoms. The van der Waals surface area contributed by atoms with Crippen molar-refractivity contribution >= 4 is 11.7 Å². The average Bonchev–Trinajstić information content (AvgIpc) is 3.19. The number of nitrogens with one attached hydrogen (secondary N) is 2. The lowest BCUT2D eigenvalue weighted by Crippen LogP contribution is -2.22. The number of ether oxygens (including phenoxy) is 2. The molecule has 0 aliphatic carbocycles. The van der Waals surface area contributed by atoms with Gasteiger partial charge in [-0.15, -0.1) is 0 Å². The highest BCUT2D eigenvalue weighted by Gasteiger charge is 2.13. The Labute approximate surface area is 156 Å². The Morgan fingerprint density at radius 3 is 2.74 bits per heavy atom. The fourth-order valence-corrected chi connectivity index (χ4v) is 2.65. The van der Waals surface area contributed by atoms with E-state index in [2.05, 4.69) is 20.6 Å². The second-order valence-corrected chi connectivity index (χ2v) is 5.98. The third kappa shape index (κ3) is 4.14. The van der Waals surface area contributed by atoms with E-state index in [0.717, 1.165) is 17.0 Å². The van der Waals surface area contributed by atoms with Crippen molar-refractivity contribution in [3.8, 4) is 11.5 Å². The van der Waals surface area contributed by atoms with Gasteiger partial charge in [-0.05, 0) is 42.0 Å². The molecule has 3 aromatic rings. The van der Waals surface area contributed by atoms with Crippen LogP contribution in [0.25, 0.3) is 0 Å². The summed E-state index contributed by atoms with van der Waals surface area (Å²) in [6, 6.07) is 14.9. The number of anilines is 1. The summed E-state index contributed by atoms with van der Waals surface area (Å²) in [5.74, 6) is 1.93. The number of hydrogen-bond donors (Lipinski definition) is 2. The first-order valence-electron chi connectivity index (χ1n) is 8.54. The molecule has 1 aliphatic heterocycles. The minimum absolute atomic E-state index is 0.184. The number of amides is 1. The first kappa shape index (κ1) is 16.8. The maximum absolute atomic E-state index is 12.3. The van der Waals surface area contributed by atoms with E-state index in [4.69, 9.17) is 9.47 Å². The SMILES string of the molecule is O=C(NCc1ccc2c(c1)OCO2)c1ccc(NCc2ccccn2)nc1. The number of carbonyl (C=O) groups is 1. The van der Waals surface area contributed by atoms with Crippen LogP contribution in [0.15, 0.2) is 60.9 Å². The van der Waals surface area contributed by atoms with Crippen LogP contribution in [0.3, 0.4) is 0 Å². The molecule has 7 nitrogen and oxygen atoms in total. The molecule has 3 heterocycles. The van der Waals surface area contributed by atoms with Gasteiger partial charge in [-0.1, -0.05) is 12.1 Å². The summed E-state index contributed by atoms with van der Waals surface area (Å²) >= 11 is 0. The molecule has 0 spiro atoms. The predicted octanol–water partition coefficient (Wildman–Crippen LogP) is 2.75. The second-order valence-electron chi connectivity index (χ2n) is 5.98. The van der Waals surface area contributed by atoms with Crippen molar-refractivity contribution < 1.29 is 14.3 Å². The van der Waals surface area contributed by atoms with E-state index in [1.807, 2.05) is 36.4 Å². The zero-order valence-corrected chi connectivity index (χ0v) is 14.5. The Balaban J connectivity index is 1.31. The van der Waals surface area contributed by atoms with E-state index in [9.17, 15) is 4.79 Å². The molecular weight excluding hydrogens is 344 g/mol. The van der Waals surface area contributed by atoms with Crippen LogP contribution in [0, 0.1) is 0 Å². The van der Waals surface area contributed by atoms with Crippen molar-refractivity contribution in [1.82, 2.24) is 15.3 Å². The van der Waals surface area contributed by atoms with Crippen molar-refractivity contribution in [3.63, 3.8) is 0 Å². The standard InChI is InChI=1S/C20H18N4O3/c25-20(24-10-14-4-6-17-18(9-14)27-13-26-17)15-5-7-19(22-11-15)23-12-16-3-1-2-8-21-16/h1-9,11H,10,12-13H2,(H,22,23)(H,24,25). The monoisotopic (exact) mass is 362 g/mol. The summed E-state index contributed by atoms with van der Waals surface area (Å²) in [5, 5.41) is 6.06. The Bertz CT molecular complexity index is 930. The Morgan fingerprint density at radius 1 is 1.00 bits per heavy atom. The zero-order valence-electron chi connectivity index (χ0n) is 14.5. The maximum atomic E-state index is 12.3. The molecular formula is C20H18N4O3. The van der Waals surface area contributed by atoms with Gasteiger partial charge in [0, 0.05) is 18.9 Å². The highest BCUT2D eigenvalue weighted by atomic mass is 16.7. The van der Waals surface area contributed by atoms with Crippen LogP contribution in [-0.4, -0.2) is 22.7 Å². The van der Waals surface area contributed by atoms with Crippen LogP contribution in [-0.2, 0) is 13.1 Å². The Morgan fingerprint density at radius 2 is 1.93 bits per heavy atom. The molecule has 1 aliphatic rings. The molecule has 0 saturated carbocycles. The molecule has 1 amide bonds. The summed E-state index contributed by atoms with van der Waals surface area (Å²) < 4.78 is 10.6. The number of nitrogens with zero attached hydrogens (tertiary/aromatic N) is 2. The van der Waals surface area contributed by atoms with E-state index >= 15 is 0 Å². The lowest BCUT2D eigenvalue weighted by molar-refractivity contribution is 0.0950. The number of aromatic nitrogens is 2. The number of pyridine rings is 2. The molecule has 2 N–H and O–H groups in total. The van der Waals surface area contributed by atoms with Gasteiger partial charge in [0.25, 0.3) is 5.91 Å². The van der Waals surface area contributed by atoms with Gasteiger partial charge in [0.15, 0.2) is 11.5 Å². The van der Waals surface area contributed by atoms with Crippen LogP contribution >= 0.6 is 0 Å². The fourth-order valence-electron chi connectivity index (χ4n) is 2.65. The largest absolute Gasteiger partial charge is 0.454 e. The minimum Gasteiger partial charge on any atom is -0.454 e. The molecule has 1 aromatic carbocycles. The predicted molar refractivity (Wildman–Crippen MR) is 99.5 cm³/mol. The normalized spacial score (nSPS) is 11.9. The molecule has 0 fully saturated rings. The van der Waals surface area contributed by atoms with Crippen molar-refractivity contribution in [2.75, 3.05) is 12.1 Å². The number of rotatable bonds is 6. The molecule has 0 radical (unpaired) electrons. The molecule has 136 valence electrons. The molecule has 0 saturated heterocycles. The molecule has 27 heavy (non-hydrogen) atoms. The highest BCUT2D eigenvalue weighted by Crippen LogP contribution is 2.32. The minimum atomic E-state index is -0.184. The molecule has 0 unspecified atom stereocenters. The number of fused-ring (bicyclic) bond motifs is 1. The summed E-state index contributed by atoms with van der Waals surface area (Å²) in [7, 11) is 0. The first-order chi connectivity index (χ1) is 13.3. The van der Waals surface area contributed by atoms with E-state index in [1.165, 1.54) is 0 Å². The Hall–Kier alpha value is -3.61. The third-order valence-electron chi connectivity index (χ3n) is 4.09. The lowest BCUT2D eigenvalue weighted by atomic mass is 10.2. The van der Waals surface area contributed by atoms with Crippen molar-refractivity contribution in [2.24, 2.45) is 0 Å². The third-order valence-corrected chi connectivity index (χ3v) is 4.09. The van der Waals surface area contributed by atoms with Crippen molar-refractivity contribution in [3.05, 3.63) is 77.7 Å². The zero-order chi connectivity index (χ0) is 18.5. The fraction of sp³-hybridized carbons (Fsp3) is 0.150. The molecule has 7 heteroatoms. The van der Waals surface area contributed by atoms with E-state index < -0.39 is 0 Å². The van der Waals surface area contributed by atoms with Gasteiger partial charge in [-0.2, -0.15) is 0 Å². The van der Waals surface area contributed by atoms with E-state index in [0.29, 0.717) is 30.2 Å². The van der Waals surface area contributed by atoms with Crippen LogP contribution in [0.1, 0.15) is 21.6 Å². The van der Waals surface area contributed by atoms with Gasteiger partial charge < -0.3 is 20.1 Å². The van der Waals surface area contributed by atoms with Crippen molar-refractivity contribution in [2.45, 2.75) is 13.1 Å². The highest BCUT2D eigenvalue weighted by molar-refractivity contribution is 5.94. The topological polar surface area (TPSA) is 85.4 Å². The molecule has 4 rings (SSSR count). The molecule has 2 aromatic heterocycles. The van der Waals surface area contributed by atoms with Crippen molar-refractivity contribution in [1.29, 1.82) is 0 Å². The lowest BCUT2D eigenvalue weighted by Gasteiger charge is -2.08. The second kappa shape index (κ2) is 7.74. The summed E-state index contributed by atoms with van der Waals surface area (Å²) in [6.07, 6.45) is 3.30. The Kier molecular flexibility index (Phi) is 4.82. The van der Waals surface area contributed by atoms with Gasteiger partial charge in [0.1, 0.15) is 5.82 Å². The van der Waals surface area contributed by atoms with Crippen LogP contribution in [0.2, 0.25) is 0 Å².